The van der Waals surface area contributed by atoms with Gasteiger partial charge in [0.15, 0.2) is 0 Å². The molecule has 0 aromatic rings. The molecule has 0 aliphatic carbocycles. The fraction of sp³-hybridized carbons (Fsp3) is 0.538. The van der Waals surface area contributed by atoms with Crippen LogP contribution in [0, 0.1) is 5.92 Å². The summed E-state index contributed by atoms with van der Waals surface area (Å²) in [4.78, 5) is 0. The van der Waals surface area contributed by atoms with Crippen molar-refractivity contribution in [3.05, 3.63) is 36.2 Å². The predicted octanol–water partition coefficient (Wildman–Crippen LogP) is 5.04. The van der Waals surface area contributed by atoms with E-state index < -0.39 is 11.7 Å². The Bertz CT molecular complexity index is 295. The minimum Gasteiger partial charge on any atom is -0.207 e. The highest BCUT2D eigenvalue weighted by Crippen LogP contribution is 2.28. The molecule has 0 fully saturated rings. The summed E-state index contributed by atoms with van der Waals surface area (Å²) in [6.07, 6.45) is 1.23. The SMILES string of the molecule is C=C(C)/C=C(/F)C(=C)C(C)CCC(C)(F)F. The summed E-state index contributed by atoms with van der Waals surface area (Å²) in [5.41, 5.74) is 0.832. The van der Waals surface area contributed by atoms with Crippen LogP contribution in [0.3, 0.4) is 0 Å². The second-order valence-corrected chi connectivity index (χ2v) is 4.37. The second kappa shape index (κ2) is 5.92. The Hall–Kier alpha value is -0.990. The molecule has 16 heavy (non-hydrogen) atoms. The number of alkyl halides is 2. The van der Waals surface area contributed by atoms with Crippen molar-refractivity contribution >= 4 is 0 Å². The van der Waals surface area contributed by atoms with Crippen molar-refractivity contribution in [1.29, 1.82) is 0 Å². The summed E-state index contributed by atoms with van der Waals surface area (Å²) >= 11 is 0. The van der Waals surface area contributed by atoms with Crippen LogP contribution in [0.1, 0.15) is 33.6 Å². The molecule has 0 saturated heterocycles. The first-order valence-electron chi connectivity index (χ1n) is 5.23. The molecule has 1 atom stereocenters. The lowest BCUT2D eigenvalue weighted by Crippen LogP contribution is -2.12. The maximum absolute atomic E-state index is 13.4. The molecule has 0 aliphatic rings. The normalized spacial score (nSPS) is 14.8. The zero-order chi connectivity index (χ0) is 12.9. The van der Waals surface area contributed by atoms with E-state index in [0.717, 1.165) is 6.92 Å². The van der Waals surface area contributed by atoms with E-state index in [1.807, 2.05) is 0 Å². The van der Waals surface area contributed by atoms with E-state index >= 15 is 0 Å². The number of hydrogen-bond acceptors (Lipinski definition) is 0. The van der Waals surface area contributed by atoms with Gasteiger partial charge in [0.2, 0.25) is 5.92 Å². The predicted molar refractivity (Wildman–Crippen MR) is 62.2 cm³/mol. The topological polar surface area (TPSA) is 0 Å². The summed E-state index contributed by atoms with van der Waals surface area (Å²) < 4.78 is 38.6. The molecule has 0 aromatic carbocycles. The van der Waals surface area contributed by atoms with Gasteiger partial charge in [-0.15, -0.1) is 0 Å². The van der Waals surface area contributed by atoms with Crippen LogP contribution < -0.4 is 0 Å². The highest BCUT2D eigenvalue weighted by molar-refractivity contribution is 5.30. The highest BCUT2D eigenvalue weighted by atomic mass is 19.3. The van der Waals surface area contributed by atoms with Gasteiger partial charge in [0.05, 0.1) is 0 Å². The maximum Gasteiger partial charge on any atom is 0.245 e. The van der Waals surface area contributed by atoms with E-state index in [9.17, 15) is 13.2 Å². The minimum atomic E-state index is -2.71. The van der Waals surface area contributed by atoms with E-state index in [1.54, 1.807) is 13.8 Å². The Labute approximate surface area is 95.5 Å². The Morgan fingerprint density at radius 1 is 1.38 bits per heavy atom. The summed E-state index contributed by atoms with van der Waals surface area (Å²) in [7, 11) is 0. The van der Waals surface area contributed by atoms with Crippen molar-refractivity contribution in [2.24, 2.45) is 5.92 Å². The van der Waals surface area contributed by atoms with Crippen molar-refractivity contribution in [1.82, 2.24) is 0 Å². The number of hydrogen-bond donors (Lipinski definition) is 0. The van der Waals surface area contributed by atoms with E-state index in [2.05, 4.69) is 13.2 Å². The van der Waals surface area contributed by atoms with Crippen LogP contribution in [0.15, 0.2) is 36.2 Å². The molecule has 92 valence electrons. The van der Waals surface area contributed by atoms with E-state index in [4.69, 9.17) is 0 Å². The molecule has 0 heterocycles. The molecule has 0 rings (SSSR count). The second-order valence-electron chi connectivity index (χ2n) is 4.37. The first kappa shape index (κ1) is 15.0. The first-order chi connectivity index (χ1) is 7.13. The average molecular weight is 232 g/mol. The van der Waals surface area contributed by atoms with E-state index in [-0.39, 0.29) is 24.3 Å². The lowest BCUT2D eigenvalue weighted by atomic mass is 9.94. The standard InChI is InChI=1S/C13H19F3/c1-9(2)8-12(14)11(4)10(3)6-7-13(5,15)16/h8,10H,1,4,6-7H2,2-3,5H3/b12-8+. The molecule has 0 radical (unpaired) electrons. The fourth-order valence-electron chi connectivity index (χ4n) is 1.19. The van der Waals surface area contributed by atoms with Crippen LogP contribution in [0.5, 0.6) is 0 Å². The van der Waals surface area contributed by atoms with Crippen LogP contribution in [-0.4, -0.2) is 5.92 Å². The van der Waals surface area contributed by atoms with Crippen molar-refractivity contribution < 1.29 is 13.2 Å². The summed E-state index contributed by atoms with van der Waals surface area (Å²) in [6, 6.07) is 0. The Morgan fingerprint density at radius 3 is 2.25 bits per heavy atom. The molecular weight excluding hydrogens is 213 g/mol. The lowest BCUT2D eigenvalue weighted by Gasteiger charge is -2.16. The maximum atomic E-state index is 13.4. The van der Waals surface area contributed by atoms with Crippen molar-refractivity contribution in [3.8, 4) is 0 Å². The molecule has 0 saturated carbocycles. The van der Waals surface area contributed by atoms with Gasteiger partial charge in [0.25, 0.3) is 0 Å². The first-order valence-corrected chi connectivity index (χ1v) is 5.23. The minimum absolute atomic E-state index is 0.222. The molecule has 0 spiro atoms. The number of allylic oxidation sites excluding steroid dienone is 4. The zero-order valence-corrected chi connectivity index (χ0v) is 10.1. The Morgan fingerprint density at radius 2 is 1.88 bits per heavy atom. The van der Waals surface area contributed by atoms with Crippen molar-refractivity contribution in [2.45, 2.75) is 39.5 Å². The van der Waals surface area contributed by atoms with E-state index in [1.165, 1.54) is 6.08 Å². The molecule has 3 heteroatoms. The summed E-state index contributed by atoms with van der Waals surface area (Å²) in [5.74, 6) is -3.47. The van der Waals surface area contributed by atoms with Gasteiger partial charge in [-0.05, 0) is 37.8 Å². The lowest BCUT2D eigenvalue weighted by molar-refractivity contribution is 0.00835. The molecule has 0 nitrogen and oxygen atoms in total. The molecular formula is C13H19F3. The third kappa shape index (κ3) is 6.49. The fourth-order valence-corrected chi connectivity index (χ4v) is 1.19. The number of halogens is 3. The van der Waals surface area contributed by atoms with Crippen LogP contribution in [0.4, 0.5) is 13.2 Å². The third-order valence-corrected chi connectivity index (χ3v) is 2.29. The van der Waals surface area contributed by atoms with Gasteiger partial charge in [-0.3, -0.25) is 0 Å². The highest BCUT2D eigenvalue weighted by Gasteiger charge is 2.23. The summed E-state index contributed by atoms with van der Waals surface area (Å²) in [6.45, 7) is 11.3. The molecule has 0 amide bonds. The zero-order valence-electron chi connectivity index (χ0n) is 10.1. The molecule has 0 bridgehead atoms. The average Bonchev–Trinajstić information content (AvgIpc) is 2.10. The van der Waals surface area contributed by atoms with Gasteiger partial charge in [0.1, 0.15) is 5.83 Å². The summed E-state index contributed by atoms with van der Waals surface area (Å²) in [5, 5.41) is 0. The van der Waals surface area contributed by atoms with Crippen LogP contribution >= 0.6 is 0 Å². The van der Waals surface area contributed by atoms with Crippen LogP contribution in [0.25, 0.3) is 0 Å². The van der Waals surface area contributed by atoms with Crippen LogP contribution in [0.2, 0.25) is 0 Å². The smallest absolute Gasteiger partial charge is 0.207 e. The number of rotatable bonds is 6. The Balaban J connectivity index is 4.35. The van der Waals surface area contributed by atoms with Gasteiger partial charge in [0, 0.05) is 6.42 Å². The quantitative estimate of drug-likeness (QED) is 0.562. The van der Waals surface area contributed by atoms with Gasteiger partial charge >= 0.3 is 0 Å². The van der Waals surface area contributed by atoms with Gasteiger partial charge in [-0.1, -0.05) is 25.7 Å². The van der Waals surface area contributed by atoms with Crippen LogP contribution in [-0.2, 0) is 0 Å². The van der Waals surface area contributed by atoms with Gasteiger partial charge in [-0.2, -0.15) is 0 Å². The van der Waals surface area contributed by atoms with Gasteiger partial charge < -0.3 is 0 Å². The Kier molecular flexibility index (Phi) is 5.56. The van der Waals surface area contributed by atoms with Crippen molar-refractivity contribution in [2.75, 3.05) is 0 Å². The third-order valence-electron chi connectivity index (χ3n) is 2.29. The molecule has 1 unspecified atom stereocenters. The largest absolute Gasteiger partial charge is 0.245 e. The van der Waals surface area contributed by atoms with E-state index in [0.29, 0.717) is 5.57 Å². The molecule has 0 aromatic heterocycles. The van der Waals surface area contributed by atoms with Crippen molar-refractivity contribution in [3.63, 3.8) is 0 Å². The van der Waals surface area contributed by atoms with Gasteiger partial charge in [-0.25, -0.2) is 13.2 Å². The monoisotopic (exact) mass is 232 g/mol. The molecule has 0 N–H and O–H groups in total. The molecule has 0 aliphatic heterocycles.